The van der Waals surface area contributed by atoms with Crippen LogP contribution < -0.4 is 5.32 Å². The normalized spacial score (nSPS) is 11.9. The Labute approximate surface area is 119 Å². The number of methoxy groups -OCH3 is 1. The van der Waals surface area contributed by atoms with Crippen LogP contribution in [0.3, 0.4) is 0 Å². The lowest BCUT2D eigenvalue weighted by Crippen LogP contribution is -2.41. The molecule has 1 unspecified atom stereocenters. The maximum Gasteiger partial charge on any atom is 0.326 e. The predicted molar refractivity (Wildman–Crippen MR) is 69.6 cm³/mol. The van der Waals surface area contributed by atoms with E-state index in [-0.39, 0.29) is 31.7 Å². The number of amides is 1. The number of ether oxygens (including phenoxy) is 1. The molecule has 1 atom stereocenters. The molecular formula is C11H16N4O6. The average Bonchev–Trinajstić information content (AvgIpc) is 2.90. The van der Waals surface area contributed by atoms with Crippen LogP contribution in [0.2, 0.25) is 0 Å². The summed E-state index contributed by atoms with van der Waals surface area (Å²) in [5, 5.41) is 25.5. The van der Waals surface area contributed by atoms with Crippen LogP contribution in [0.5, 0.6) is 0 Å². The molecule has 1 rings (SSSR count). The van der Waals surface area contributed by atoms with Gasteiger partial charge in [-0.05, 0) is 0 Å². The van der Waals surface area contributed by atoms with Gasteiger partial charge in [-0.2, -0.15) is 5.10 Å². The molecule has 10 nitrogen and oxygen atoms in total. The topological polar surface area (TPSA) is 137 Å². The number of nitro groups is 1. The van der Waals surface area contributed by atoms with Crippen molar-refractivity contribution in [2.24, 2.45) is 0 Å². The van der Waals surface area contributed by atoms with Crippen LogP contribution in [0.25, 0.3) is 0 Å². The Balaban J connectivity index is 2.44. The quantitative estimate of drug-likeness (QED) is 0.475. The third-order valence-electron chi connectivity index (χ3n) is 2.64. The van der Waals surface area contributed by atoms with Crippen LogP contribution in [-0.4, -0.2) is 51.4 Å². The minimum atomic E-state index is -1.14. The van der Waals surface area contributed by atoms with Crippen molar-refractivity contribution in [3.8, 4) is 0 Å². The molecule has 116 valence electrons. The van der Waals surface area contributed by atoms with Crippen LogP contribution in [0.15, 0.2) is 12.4 Å². The van der Waals surface area contributed by atoms with Gasteiger partial charge in [-0.15, -0.1) is 0 Å². The highest BCUT2D eigenvalue weighted by atomic mass is 16.6. The average molecular weight is 300 g/mol. The number of hydrogen-bond donors (Lipinski definition) is 2. The molecule has 1 aromatic heterocycles. The molecule has 0 spiro atoms. The van der Waals surface area contributed by atoms with E-state index < -0.39 is 22.8 Å². The summed E-state index contributed by atoms with van der Waals surface area (Å²) in [4.78, 5) is 32.5. The highest BCUT2D eigenvalue weighted by molar-refractivity contribution is 5.83. The molecule has 0 aliphatic heterocycles. The number of aliphatic carboxylic acids is 1. The Morgan fingerprint density at radius 1 is 1.62 bits per heavy atom. The summed E-state index contributed by atoms with van der Waals surface area (Å²) in [7, 11) is 1.44. The fourth-order valence-corrected chi connectivity index (χ4v) is 1.54. The first-order valence-electron chi connectivity index (χ1n) is 6.12. The molecule has 0 aliphatic carbocycles. The Morgan fingerprint density at radius 3 is 2.86 bits per heavy atom. The zero-order valence-electron chi connectivity index (χ0n) is 11.4. The van der Waals surface area contributed by atoms with Crippen molar-refractivity contribution in [1.29, 1.82) is 0 Å². The first-order chi connectivity index (χ1) is 9.93. The highest BCUT2D eigenvalue weighted by Gasteiger charge is 2.19. The fraction of sp³-hybridized carbons (Fsp3) is 0.545. The number of carboxylic acids is 1. The minimum absolute atomic E-state index is 0.0321. The monoisotopic (exact) mass is 300 g/mol. The molecule has 0 radical (unpaired) electrons. The lowest BCUT2D eigenvalue weighted by Gasteiger charge is -2.13. The van der Waals surface area contributed by atoms with Crippen molar-refractivity contribution in [3.05, 3.63) is 22.5 Å². The zero-order valence-corrected chi connectivity index (χ0v) is 11.4. The van der Waals surface area contributed by atoms with Crippen molar-refractivity contribution >= 4 is 17.6 Å². The van der Waals surface area contributed by atoms with Gasteiger partial charge in [-0.1, -0.05) is 0 Å². The first-order valence-corrected chi connectivity index (χ1v) is 6.12. The smallest absolute Gasteiger partial charge is 0.326 e. The Bertz CT molecular complexity index is 515. The van der Waals surface area contributed by atoms with Gasteiger partial charge in [0.25, 0.3) is 0 Å². The molecule has 10 heteroatoms. The van der Waals surface area contributed by atoms with Gasteiger partial charge in [-0.25, -0.2) is 4.79 Å². The zero-order chi connectivity index (χ0) is 15.8. The van der Waals surface area contributed by atoms with E-state index in [0.717, 1.165) is 6.20 Å². The Morgan fingerprint density at radius 2 is 2.33 bits per heavy atom. The highest BCUT2D eigenvalue weighted by Crippen LogP contribution is 2.08. The van der Waals surface area contributed by atoms with E-state index in [4.69, 9.17) is 9.84 Å². The largest absolute Gasteiger partial charge is 0.480 e. The molecule has 1 heterocycles. The SMILES string of the molecule is COCCC(NC(=O)CCn1cc([N+](=O)[O-])cn1)C(=O)O. The van der Waals surface area contributed by atoms with E-state index in [1.54, 1.807) is 0 Å². The van der Waals surface area contributed by atoms with Crippen LogP contribution in [0.1, 0.15) is 12.8 Å². The number of carbonyl (C=O) groups excluding carboxylic acids is 1. The summed E-state index contributed by atoms with van der Waals surface area (Å²) in [5.41, 5.74) is -0.168. The molecule has 0 aliphatic rings. The van der Waals surface area contributed by atoms with Gasteiger partial charge >= 0.3 is 11.7 Å². The maximum absolute atomic E-state index is 11.6. The van der Waals surface area contributed by atoms with Crippen molar-refractivity contribution < 1.29 is 24.4 Å². The molecule has 0 saturated heterocycles. The number of nitrogens with one attached hydrogen (secondary N) is 1. The van der Waals surface area contributed by atoms with Gasteiger partial charge in [-0.3, -0.25) is 19.6 Å². The van der Waals surface area contributed by atoms with Gasteiger partial charge in [0, 0.05) is 33.1 Å². The lowest BCUT2D eigenvalue weighted by atomic mass is 10.2. The van der Waals surface area contributed by atoms with E-state index in [1.165, 1.54) is 18.0 Å². The van der Waals surface area contributed by atoms with Crippen LogP contribution in [0, 0.1) is 10.1 Å². The third-order valence-corrected chi connectivity index (χ3v) is 2.64. The number of carboxylic acid groups (broad SMARTS) is 1. The second-order valence-electron chi connectivity index (χ2n) is 4.21. The van der Waals surface area contributed by atoms with Gasteiger partial charge in [0.1, 0.15) is 18.4 Å². The standard InChI is InChI=1S/C11H16N4O6/c1-21-5-3-9(11(17)18)13-10(16)2-4-14-7-8(6-12-14)15(19)20/h6-7,9H,2-5H2,1H3,(H,13,16)(H,17,18). The van der Waals surface area contributed by atoms with Gasteiger partial charge < -0.3 is 15.2 Å². The summed E-state index contributed by atoms with van der Waals surface area (Å²) < 4.78 is 6.02. The lowest BCUT2D eigenvalue weighted by molar-refractivity contribution is -0.385. The predicted octanol–water partition coefficient (Wildman–Crippen LogP) is -0.213. The Hall–Kier alpha value is -2.49. The van der Waals surface area contributed by atoms with Crippen LogP contribution in [-0.2, 0) is 20.9 Å². The number of nitrogens with zero attached hydrogens (tertiary/aromatic N) is 3. The van der Waals surface area contributed by atoms with Crippen molar-refractivity contribution in [2.45, 2.75) is 25.4 Å². The molecule has 1 amide bonds. The molecule has 21 heavy (non-hydrogen) atoms. The summed E-state index contributed by atoms with van der Waals surface area (Å²) in [5.74, 6) is -1.62. The third kappa shape index (κ3) is 5.57. The van der Waals surface area contributed by atoms with E-state index in [0.29, 0.717) is 0 Å². The molecular weight excluding hydrogens is 284 g/mol. The van der Waals surface area contributed by atoms with Crippen molar-refractivity contribution in [1.82, 2.24) is 15.1 Å². The van der Waals surface area contributed by atoms with E-state index in [2.05, 4.69) is 10.4 Å². The number of aryl methyl sites for hydroxylation is 1. The summed E-state index contributed by atoms with van der Waals surface area (Å²) in [6.07, 6.45) is 2.41. The van der Waals surface area contributed by atoms with E-state index >= 15 is 0 Å². The number of rotatable bonds is 9. The number of aromatic nitrogens is 2. The maximum atomic E-state index is 11.6. The number of hydrogen-bond acceptors (Lipinski definition) is 6. The molecule has 0 aromatic carbocycles. The number of carbonyl (C=O) groups is 2. The van der Waals surface area contributed by atoms with Gasteiger partial charge in [0.15, 0.2) is 0 Å². The van der Waals surface area contributed by atoms with E-state index in [1.807, 2.05) is 0 Å². The minimum Gasteiger partial charge on any atom is -0.480 e. The molecule has 2 N–H and O–H groups in total. The first kappa shape index (κ1) is 16.6. The van der Waals surface area contributed by atoms with Crippen LogP contribution >= 0.6 is 0 Å². The second-order valence-corrected chi connectivity index (χ2v) is 4.21. The summed E-state index contributed by atoms with van der Waals surface area (Å²) >= 11 is 0. The second kappa shape index (κ2) is 7.94. The van der Waals surface area contributed by atoms with Gasteiger partial charge in [0.2, 0.25) is 5.91 Å². The molecule has 0 saturated carbocycles. The fourth-order valence-electron chi connectivity index (χ4n) is 1.54. The van der Waals surface area contributed by atoms with Crippen molar-refractivity contribution in [2.75, 3.05) is 13.7 Å². The molecule has 1 aromatic rings. The summed E-state index contributed by atoms with van der Waals surface area (Å²) in [6, 6.07) is -1.02. The van der Waals surface area contributed by atoms with Crippen molar-refractivity contribution in [3.63, 3.8) is 0 Å². The van der Waals surface area contributed by atoms with E-state index in [9.17, 15) is 19.7 Å². The summed E-state index contributed by atoms with van der Waals surface area (Å²) in [6.45, 7) is 0.332. The van der Waals surface area contributed by atoms with Gasteiger partial charge in [0.05, 0.1) is 4.92 Å². The molecule has 0 bridgehead atoms. The Kier molecular flexibility index (Phi) is 6.27. The van der Waals surface area contributed by atoms with Crippen LogP contribution in [0.4, 0.5) is 5.69 Å². The molecule has 0 fully saturated rings.